The van der Waals surface area contributed by atoms with Gasteiger partial charge in [0.25, 0.3) is 0 Å². The number of Topliss-reactive ketones (excluding diaryl/α,β-unsaturated/α-hetero) is 1. The van der Waals surface area contributed by atoms with E-state index >= 15 is 0 Å². The van der Waals surface area contributed by atoms with E-state index in [0.717, 1.165) is 23.4 Å². The van der Waals surface area contributed by atoms with Crippen LogP contribution in [0.25, 0.3) is 0 Å². The first kappa shape index (κ1) is 20.6. The lowest BCUT2D eigenvalue weighted by Gasteiger charge is -2.26. The second-order valence-corrected chi connectivity index (χ2v) is 6.82. The molecule has 0 spiro atoms. The SMILES string of the molecule is C/C(C=N)=C(\OCC(C)(C)c1ccc(C)cc1)C(=O)/C(N)=C\C(C)F. The van der Waals surface area contributed by atoms with Gasteiger partial charge in [0, 0.05) is 17.2 Å². The lowest BCUT2D eigenvalue weighted by atomic mass is 9.85. The van der Waals surface area contributed by atoms with E-state index in [1.807, 2.05) is 45.0 Å². The Morgan fingerprint density at radius 3 is 2.40 bits per heavy atom. The number of hydrogen-bond acceptors (Lipinski definition) is 4. The van der Waals surface area contributed by atoms with Crippen molar-refractivity contribution >= 4 is 12.0 Å². The van der Waals surface area contributed by atoms with Gasteiger partial charge in [-0.3, -0.25) is 4.79 Å². The zero-order valence-corrected chi connectivity index (χ0v) is 15.5. The molecule has 0 radical (unpaired) electrons. The Kier molecular flexibility index (Phi) is 7.09. The van der Waals surface area contributed by atoms with Crippen LogP contribution in [0.5, 0.6) is 0 Å². The van der Waals surface area contributed by atoms with Gasteiger partial charge in [0.1, 0.15) is 6.17 Å². The standard InChI is InChI=1S/C20H27FN2O2/c1-13-6-8-16(9-7-13)20(4,5)12-25-19(14(2)11-22)18(24)17(23)10-15(3)21/h6-11,15,22H,12,23H2,1-5H3/b17-10+,19-14+,22-11?. The number of carbonyl (C=O) groups excluding carboxylic acids is 1. The molecule has 0 fully saturated rings. The number of ether oxygens (including phenoxy) is 1. The van der Waals surface area contributed by atoms with Crippen molar-refractivity contribution in [1.82, 2.24) is 0 Å². The second-order valence-electron chi connectivity index (χ2n) is 6.82. The highest BCUT2D eigenvalue weighted by molar-refractivity contribution is 6.09. The van der Waals surface area contributed by atoms with E-state index < -0.39 is 12.0 Å². The summed E-state index contributed by atoms with van der Waals surface area (Å²) in [7, 11) is 0. The van der Waals surface area contributed by atoms with E-state index in [4.69, 9.17) is 15.9 Å². The molecule has 0 aliphatic carbocycles. The lowest BCUT2D eigenvalue weighted by molar-refractivity contribution is -0.115. The van der Waals surface area contributed by atoms with E-state index in [1.54, 1.807) is 6.92 Å². The van der Waals surface area contributed by atoms with Crippen LogP contribution < -0.4 is 5.73 Å². The summed E-state index contributed by atoms with van der Waals surface area (Å²) in [5.41, 5.74) is 7.65. The minimum Gasteiger partial charge on any atom is -0.488 e. The molecule has 1 aromatic rings. The van der Waals surface area contributed by atoms with E-state index in [2.05, 4.69) is 0 Å². The number of rotatable bonds is 8. The Morgan fingerprint density at radius 1 is 1.36 bits per heavy atom. The molecule has 4 nitrogen and oxygen atoms in total. The van der Waals surface area contributed by atoms with Crippen molar-refractivity contribution < 1.29 is 13.9 Å². The fourth-order valence-corrected chi connectivity index (χ4v) is 2.22. The maximum Gasteiger partial charge on any atom is 0.243 e. The highest BCUT2D eigenvalue weighted by Crippen LogP contribution is 2.25. The molecule has 0 heterocycles. The maximum absolute atomic E-state index is 13.1. The van der Waals surface area contributed by atoms with Gasteiger partial charge in [0.05, 0.1) is 12.3 Å². The summed E-state index contributed by atoms with van der Waals surface area (Å²) >= 11 is 0. The van der Waals surface area contributed by atoms with E-state index in [9.17, 15) is 9.18 Å². The Labute approximate surface area is 149 Å². The molecule has 1 aromatic carbocycles. The predicted octanol–water partition coefficient (Wildman–Crippen LogP) is 3.98. The molecule has 1 rings (SSSR count). The van der Waals surface area contributed by atoms with Crippen molar-refractivity contribution in [3.63, 3.8) is 0 Å². The van der Waals surface area contributed by atoms with Gasteiger partial charge in [-0.15, -0.1) is 0 Å². The molecular formula is C20H27FN2O2. The fraction of sp³-hybridized carbons (Fsp3) is 0.400. The molecule has 0 saturated heterocycles. The molecule has 0 aliphatic rings. The van der Waals surface area contributed by atoms with Gasteiger partial charge in [-0.1, -0.05) is 43.7 Å². The van der Waals surface area contributed by atoms with Crippen molar-refractivity contribution in [3.8, 4) is 0 Å². The average Bonchev–Trinajstić information content (AvgIpc) is 2.54. The van der Waals surface area contributed by atoms with Gasteiger partial charge in [0.2, 0.25) is 5.78 Å². The highest BCUT2D eigenvalue weighted by atomic mass is 19.1. The summed E-state index contributed by atoms with van der Waals surface area (Å²) in [6.45, 7) is 9.12. The van der Waals surface area contributed by atoms with Gasteiger partial charge < -0.3 is 15.9 Å². The highest BCUT2D eigenvalue weighted by Gasteiger charge is 2.25. The maximum atomic E-state index is 13.1. The molecule has 1 unspecified atom stereocenters. The second kappa shape index (κ2) is 8.60. The lowest BCUT2D eigenvalue weighted by Crippen LogP contribution is -2.27. The average molecular weight is 346 g/mol. The van der Waals surface area contributed by atoms with Crippen LogP contribution in [0, 0.1) is 12.3 Å². The summed E-state index contributed by atoms with van der Waals surface area (Å²) < 4.78 is 18.8. The van der Waals surface area contributed by atoms with Crippen LogP contribution >= 0.6 is 0 Å². The number of aryl methyl sites for hydroxylation is 1. The summed E-state index contributed by atoms with van der Waals surface area (Å²) in [4.78, 5) is 12.4. The zero-order chi connectivity index (χ0) is 19.2. The van der Waals surface area contributed by atoms with E-state index in [0.29, 0.717) is 5.57 Å². The van der Waals surface area contributed by atoms with Crippen molar-refractivity contribution in [1.29, 1.82) is 5.41 Å². The topological polar surface area (TPSA) is 76.2 Å². The normalized spacial score (nSPS) is 14.6. The number of ketones is 1. The van der Waals surface area contributed by atoms with E-state index in [1.165, 1.54) is 6.92 Å². The fourth-order valence-electron chi connectivity index (χ4n) is 2.22. The molecule has 3 N–H and O–H groups in total. The van der Waals surface area contributed by atoms with Crippen LogP contribution in [-0.2, 0) is 14.9 Å². The summed E-state index contributed by atoms with van der Waals surface area (Å²) in [5, 5.41) is 7.39. The molecule has 136 valence electrons. The Balaban J connectivity index is 3.03. The molecule has 25 heavy (non-hydrogen) atoms. The molecule has 1 atom stereocenters. The van der Waals surface area contributed by atoms with Crippen molar-refractivity contribution in [2.75, 3.05) is 6.61 Å². The van der Waals surface area contributed by atoms with Crippen molar-refractivity contribution in [3.05, 3.63) is 58.5 Å². The first-order valence-corrected chi connectivity index (χ1v) is 8.16. The van der Waals surface area contributed by atoms with Gasteiger partial charge >= 0.3 is 0 Å². The number of benzene rings is 1. The van der Waals surface area contributed by atoms with Gasteiger partial charge in [0.15, 0.2) is 5.76 Å². The van der Waals surface area contributed by atoms with Crippen molar-refractivity contribution in [2.24, 2.45) is 5.73 Å². The smallest absolute Gasteiger partial charge is 0.243 e. The number of carbonyl (C=O) groups is 1. The quantitative estimate of drug-likeness (QED) is 0.425. The van der Waals surface area contributed by atoms with Crippen LogP contribution in [0.3, 0.4) is 0 Å². The van der Waals surface area contributed by atoms with E-state index in [-0.39, 0.29) is 23.5 Å². The van der Waals surface area contributed by atoms with Crippen LogP contribution in [0.4, 0.5) is 4.39 Å². The van der Waals surface area contributed by atoms with Crippen molar-refractivity contribution in [2.45, 2.75) is 46.2 Å². The van der Waals surface area contributed by atoms with Crippen LogP contribution in [0.1, 0.15) is 38.8 Å². The third-order valence-corrected chi connectivity index (χ3v) is 3.86. The van der Waals surface area contributed by atoms with Crippen LogP contribution in [-0.4, -0.2) is 24.8 Å². The molecule has 0 aromatic heterocycles. The zero-order valence-electron chi connectivity index (χ0n) is 15.5. The monoisotopic (exact) mass is 346 g/mol. The number of hydrogen-bond donors (Lipinski definition) is 2. The first-order valence-electron chi connectivity index (χ1n) is 8.16. The van der Waals surface area contributed by atoms with Crippen LogP contribution in [0.15, 0.2) is 47.4 Å². The molecule has 5 heteroatoms. The minimum absolute atomic E-state index is 0.0235. The number of allylic oxidation sites excluding steroid dienone is 2. The van der Waals surface area contributed by atoms with Gasteiger partial charge in [-0.25, -0.2) is 4.39 Å². The minimum atomic E-state index is -1.34. The summed E-state index contributed by atoms with van der Waals surface area (Å²) in [6.07, 6.45) is 0.723. The molecular weight excluding hydrogens is 319 g/mol. The largest absolute Gasteiger partial charge is 0.488 e. The third kappa shape index (κ3) is 5.85. The summed E-state index contributed by atoms with van der Waals surface area (Å²) in [6, 6.07) is 8.08. The Hall–Kier alpha value is -2.43. The van der Waals surface area contributed by atoms with Gasteiger partial charge in [-0.2, -0.15) is 0 Å². The van der Waals surface area contributed by atoms with Crippen LogP contribution in [0.2, 0.25) is 0 Å². The predicted molar refractivity (Wildman–Crippen MR) is 99.5 cm³/mol. The number of nitrogens with two attached hydrogens (primary N) is 1. The number of nitrogens with one attached hydrogen (secondary N) is 1. The molecule has 0 bridgehead atoms. The first-order chi connectivity index (χ1) is 11.6. The summed E-state index contributed by atoms with van der Waals surface area (Å²) in [5.74, 6) is -0.630. The molecule has 0 amide bonds. The molecule has 0 saturated carbocycles. The Morgan fingerprint density at radius 2 is 1.92 bits per heavy atom. The molecule has 0 aliphatic heterocycles. The Bertz CT molecular complexity index is 686. The number of halogens is 1. The van der Waals surface area contributed by atoms with Gasteiger partial charge in [-0.05, 0) is 32.4 Å². The number of alkyl halides is 1. The third-order valence-electron chi connectivity index (χ3n) is 3.86.